The number of carbonyl (C=O) groups is 2. The maximum Gasteiger partial charge on any atom is 0.303 e. The Bertz CT molecular complexity index is 695. The summed E-state index contributed by atoms with van der Waals surface area (Å²) in [5.74, 6) is -0.313. The van der Waals surface area contributed by atoms with Gasteiger partial charge in [0.1, 0.15) is 5.78 Å². The average Bonchev–Trinajstić information content (AvgIpc) is 2.86. The summed E-state index contributed by atoms with van der Waals surface area (Å²) in [6, 6.07) is 0. The summed E-state index contributed by atoms with van der Waals surface area (Å²) in [6.45, 7) is 8.32. The molecule has 1 saturated heterocycles. The highest BCUT2D eigenvalue weighted by molar-refractivity contribution is 5.89. The van der Waals surface area contributed by atoms with Crippen LogP contribution in [0, 0.1) is 22.7 Å². The first-order valence-electron chi connectivity index (χ1n) is 10.4. The van der Waals surface area contributed by atoms with E-state index in [0.717, 1.165) is 25.7 Å². The van der Waals surface area contributed by atoms with Gasteiger partial charge in [0, 0.05) is 18.3 Å². The number of rotatable bonds is 3. The van der Waals surface area contributed by atoms with Crippen molar-refractivity contribution in [3.63, 3.8) is 0 Å². The molecule has 4 aliphatic rings. The molecule has 1 aliphatic heterocycles. The molecule has 0 spiro atoms. The van der Waals surface area contributed by atoms with Crippen LogP contribution in [0.15, 0.2) is 11.6 Å². The lowest BCUT2D eigenvalue weighted by Gasteiger charge is -2.55. The van der Waals surface area contributed by atoms with Gasteiger partial charge in [-0.25, -0.2) is 0 Å². The highest BCUT2D eigenvalue weighted by Crippen LogP contribution is 2.61. The molecular weight excluding hydrogens is 344 g/mol. The number of hydrogen-bond acceptors (Lipinski definition) is 4. The number of carboxylic acid groups (broad SMARTS) is 1. The SMILES string of the molecule is CC1(C)O[C@@H]2C[C@@H]3[C@@H]4CCC(=O)[C@](C)(CCC(=O)O)C4=CC[C@]3(C)C[C@H]2O1. The number of carbonyl (C=O) groups excluding carboxylic acids is 1. The summed E-state index contributed by atoms with van der Waals surface area (Å²) in [6.07, 6.45) is 7.35. The van der Waals surface area contributed by atoms with Crippen molar-refractivity contribution in [3.05, 3.63) is 11.6 Å². The maximum atomic E-state index is 12.8. The molecule has 0 unspecified atom stereocenters. The molecule has 1 heterocycles. The summed E-state index contributed by atoms with van der Waals surface area (Å²) in [5, 5.41) is 9.16. The standard InChI is InChI=1S/C22H32O5/c1-20(2)26-16-11-15-13-5-6-18(23)22(4,10-8-19(24)25)14(13)7-9-21(15,3)12-17(16)27-20/h7,13,15-17H,5-6,8-12H2,1-4H3,(H,24,25)/t13-,15-,16-,17-,21-,22-/m1/s1. The Balaban J connectivity index is 1.63. The van der Waals surface area contributed by atoms with Gasteiger partial charge in [0.15, 0.2) is 5.79 Å². The third kappa shape index (κ3) is 3.07. The molecule has 27 heavy (non-hydrogen) atoms. The van der Waals surface area contributed by atoms with Gasteiger partial charge in [-0.1, -0.05) is 18.6 Å². The second kappa shape index (κ2) is 6.15. The zero-order valence-corrected chi connectivity index (χ0v) is 16.9. The Hall–Kier alpha value is -1.20. The fourth-order valence-electron chi connectivity index (χ4n) is 6.38. The molecule has 3 aliphatic carbocycles. The Morgan fingerprint density at radius 2 is 1.93 bits per heavy atom. The number of Topliss-reactive ketones (excluding diaryl/α,β-unsaturated/α-hetero) is 1. The second-order valence-corrected chi connectivity index (χ2v) is 10.1. The van der Waals surface area contributed by atoms with Crippen LogP contribution in [0.2, 0.25) is 0 Å². The van der Waals surface area contributed by atoms with Crippen LogP contribution in [-0.2, 0) is 19.1 Å². The van der Waals surface area contributed by atoms with E-state index in [1.807, 2.05) is 20.8 Å². The molecule has 0 bridgehead atoms. The molecule has 150 valence electrons. The Morgan fingerprint density at radius 3 is 2.63 bits per heavy atom. The largest absolute Gasteiger partial charge is 0.481 e. The molecule has 5 nitrogen and oxygen atoms in total. The van der Waals surface area contributed by atoms with Gasteiger partial charge in [-0.2, -0.15) is 0 Å². The van der Waals surface area contributed by atoms with Crippen LogP contribution < -0.4 is 0 Å². The van der Waals surface area contributed by atoms with Crippen LogP contribution >= 0.6 is 0 Å². The molecule has 6 atom stereocenters. The van der Waals surface area contributed by atoms with Crippen molar-refractivity contribution in [1.29, 1.82) is 0 Å². The molecule has 0 aromatic carbocycles. The predicted molar refractivity (Wildman–Crippen MR) is 100 cm³/mol. The molecule has 3 fully saturated rings. The summed E-state index contributed by atoms with van der Waals surface area (Å²) in [5.41, 5.74) is 0.748. The van der Waals surface area contributed by atoms with Gasteiger partial charge in [-0.05, 0) is 70.1 Å². The maximum absolute atomic E-state index is 12.8. The number of ether oxygens (including phenoxy) is 2. The van der Waals surface area contributed by atoms with Crippen molar-refractivity contribution in [2.45, 2.75) is 90.6 Å². The van der Waals surface area contributed by atoms with Crippen molar-refractivity contribution in [3.8, 4) is 0 Å². The van der Waals surface area contributed by atoms with Gasteiger partial charge in [0.2, 0.25) is 0 Å². The average molecular weight is 376 g/mol. The predicted octanol–water partition coefficient (Wildman–Crippen LogP) is 4.10. The minimum atomic E-state index is -0.827. The fourth-order valence-corrected chi connectivity index (χ4v) is 6.38. The van der Waals surface area contributed by atoms with Crippen LogP contribution in [0.5, 0.6) is 0 Å². The summed E-state index contributed by atoms with van der Waals surface area (Å²) < 4.78 is 12.4. The molecule has 4 rings (SSSR count). The normalized spacial score (nSPS) is 45.5. The van der Waals surface area contributed by atoms with Gasteiger partial charge < -0.3 is 14.6 Å². The minimum absolute atomic E-state index is 0.0457. The van der Waals surface area contributed by atoms with Crippen molar-refractivity contribution >= 4 is 11.8 Å². The molecule has 0 aromatic rings. The molecule has 0 radical (unpaired) electrons. The van der Waals surface area contributed by atoms with Crippen molar-refractivity contribution in [2.75, 3.05) is 0 Å². The summed E-state index contributed by atoms with van der Waals surface area (Å²) >= 11 is 0. The smallest absolute Gasteiger partial charge is 0.303 e. The third-order valence-electron chi connectivity index (χ3n) is 7.78. The van der Waals surface area contributed by atoms with Gasteiger partial charge in [0.05, 0.1) is 12.2 Å². The van der Waals surface area contributed by atoms with E-state index in [0.29, 0.717) is 24.7 Å². The zero-order chi connectivity index (χ0) is 19.6. The van der Waals surface area contributed by atoms with Gasteiger partial charge in [-0.3, -0.25) is 9.59 Å². The number of carboxylic acids is 1. The molecule has 0 aromatic heterocycles. The lowest BCUT2D eigenvalue weighted by Crippen LogP contribution is -2.52. The Kier molecular flexibility index (Phi) is 4.36. The first-order valence-corrected chi connectivity index (χ1v) is 10.4. The quantitative estimate of drug-likeness (QED) is 0.751. The fraction of sp³-hybridized carbons (Fsp3) is 0.818. The van der Waals surface area contributed by atoms with Crippen molar-refractivity contribution in [2.24, 2.45) is 22.7 Å². The van der Waals surface area contributed by atoms with Crippen LogP contribution in [-0.4, -0.2) is 34.9 Å². The van der Waals surface area contributed by atoms with E-state index in [4.69, 9.17) is 14.6 Å². The Morgan fingerprint density at radius 1 is 1.22 bits per heavy atom. The number of ketones is 1. The highest BCUT2D eigenvalue weighted by Gasteiger charge is 2.58. The van der Waals surface area contributed by atoms with Gasteiger partial charge in [-0.15, -0.1) is 0 Å². The lowest BCUT2D eigenvalue weighted by molar-refractivity contribution is -0.146. The van der Waals surface area contributed by atoms with E-state index in [2.05, 4.69) is 13.0 Å². The van der Waals surface area contributed by atoms with Crippen LogP contribution in [0.3, 0.4) is 0 Å². The monoisotopic (exact) mass is 376 g/mol. The molecular formula is C22H32O5. The number of aliphatic carboxylic acids is 1. The van der Waals surface area contributed by atoms with Gasteiger partial charge >= 0.3 is 5.97 Å². The molecule has 2 saturated carbocycles. The zero-order valence-electron chi connectivity index (χ0n) is 16.9. The minimum Gasteiger partial charge on any atom is -0.481 e. The van der Waals surface area contributed by atoms with E-state index >= 15 is 0 Å². The Labute approximate surface area is 161 Å². The molecule has 0 amide bonds. The first kappa shape index (κ1) is 19.1. The summed E-state index contributed by atoms with van der Waals surface area (Å²) in [7, 11) is 0. The van der Waals surface area contributed by atoms with E-state index < -0.39 is 17.2 Å². The summed E-state index contributed by atoms with van der Waals surface area (Å²) in [4.78, 5) is 24.0. The number of hydrogen-bond donors (Lipinski definition) is 1. The van der Waals surface area contributed by atoms with E-state index in [9.17, 15) is 9.59 Å². The van der Waals surface area contributed by atoms with E-state index in [1.54, 1.807) is 0 Å². The van der Waals surface area contributed by atoms with Crippen molar-refractivity contribution < 1.29 is 24.2 Å². The number of fused-ring (bicyclic) bond motifs is 4. The highest BCUT2D eigenvalue weighted by atomic mass is 16.7. The third-order valence-corrected chi connectivity index (χ3v) is 7.78. The van der Waals surface area contributed by atoms with Crippen LogP contribution in [0.25, 0.3) is 0 Å². The second-order valence-electron chi connectivity index (χ2n) is 10.1. The van der Waals surface area contributed by atoms with Crippen LogP contribution in [0.1, 0.15) is 72.6 Å². The van der Waals surface area contributed by atoms with Crippen LogP contribution in [0.4, 0.5) is 0 Å². The number of allylic oxidation sites excluding steroid dienone is 2. The molecule has 1 N–H and O–H groups in total. The van der Waals surface area contributed by atoms with Gasteiger partial charge in [0.25, 0.3) is 0 Å². The van der Waals surface area contributed by atoms with E-state index in [1.165, 1.54) is 5.57 Å². The van der Waals surface area contributed by atoms with E-state index in [-0.39, 0.29) is 29.8 Å². The molecule has 5 heteroatoms. The topological polar surface area (TPSA) is 72.8 Å². The first-order chi connectivity index (χ1) is 12.5. The lowest BCUT2D eigenvalue weighted by atomic mass is 9.49. The van der Waals surface area contributed by atoms with Crippen molar-refractivity contribution in [1.82, 2.24) is 0 Å².